The zero-order valence-electron chi connectivity index (χ0n) is 37.8. The molecule has 19 N–H and O–H groups in total. The van der Waals surface area contributed by atoms with Crippen LogP contribution >= 0.6 is 0 Å². The third-order valence-corrected chi connectivity index (χ3v) is 10.4. The SMILES string of the molecule is CC(C)C[C@H](NC(=O)[C@@H](CCCNC(N)=O)NC(=O)[C@H](Cc1ccc(O)cc1)NC(=O)[C@H](CO)NC(=O)[C@H](C)N)C(=O)N[C@@H](CCCNC(=N)N)C(=O)N1CCC[C@H]1C(=O)N[C@H](C)C(N)=O. The summed E-state index contributed by atoms with van der Waals surface area (Å²) >= 11 is 0. The molecule has 25 heteroatoms. The number of nitrogens with zero attached hydrogens (tertiary/aromatic N) is 1. The average molecular weight is 933 g/mol. The molecule has 0 aromatic heterocycles. The lowest BCUT2D eigenvalue weighted by Crippen LogP contribution is -2.60. The summed E-state index contributed by atoms with van der Waals surface area (Å²) in [6.07, 6.45) is 0.762. The van der Waals surface area contributed by atoms with Gasteiger partial charge in [0.05, 0.1) is 12.6 Å². The quantitative estimate of drug-likeness (QED) is 0.0225. The number of aromatic hydroxyl groups is 1. The van der Waals surface area contributed by atoms with Gasteiger partial charge in [-0.3, -0.25) is 43.8 Å². The van der Waals surface area contributed by atoms with Crippen molar-refractivity contribution >= 4 is 59.2 Å². The van der Waals surface area contributed by atoms with Crippen LogP contribution in [0.15, 0.2) is 24.3 Å². The van der Waals surface area contributed by atoms with Crippen molar-refractivity contribution in [1.82, 2.24) is 47.4 Å². The maximum atomic E-state index is 14.2. The van der Waals surface area contributed by atoms with E-state index >= 15 is 0 Å². The van der Waals surface area contributed by atoms with Gasteiger partial charge in [0.15, 0.2) is 5.96 Å². The Morgan fingerprint density at radius 2 is 1.23 bits per heavy atom. The number of hydrogen-bond acceptors (Lipinski definition) is 13. The van der Waals surface area contributed by atoms with Gasteiger partial charge in [-0.1, -0.05) is 26.0 Å². The molecule has 66 heavy (non-hydrogen) atoms. The van der Waals surface area contributed by atoms with Crippen LogP contribution in [0.1, 0.15) is 78.2 Å². The van der Waals surface area contributed by atoms with E-state index in [1.165, 1.54) is 43.0 Å². The molecule has 25 nitrogen and oxygen atoms in total. The van der Waals surface area contributed by atoms with Crippen molar-refractivity contribution in [3.63, 3.8) is 0 Å². The van der Waals surface area contributed by atoms with E-state index in [1.807, 2.05) is 0 Å². The fourth-order valence-electron chi connectivity index (χ4n) is 6.82. The highest BCUT2D eigenvalue weighted by Gasteiger charge is 2.39. The summed E-state index contributed by atoms with van der Waals surface area (Å²) in [5.74, 6) is -6.87. The smallest absolute Gasteiger partial charge is 0.312 e. The molecule has 2 rings (SSSR count). The summed E-state index contributed by atoms with van der Waals surface area (Å²) in [4.78, 5) is 120. The number of aliphatic hydroxyl groups excluding tert-OH is 1. The topological polar surface area (TPSA) is 421 Å². The van der Waals surface area contributed by atoms with E-state index in [4.69, 9.17) is 28.3 Å². The number of carbonyl (C=O) groups excluding carboxylic acids is 9. The fourth-order valence-corrected chi connectivity index (χ4v) is 6.82. The number of nitrogens with two attached hydrogens (primary N) is 4. The maximum Gasteiger partial charge on any atom is 0.312 e. The van der Waals surface area contributed by atoms with E-state index < -0.39 is 108 Å². The Morgan fingerprint density at radius 3 is 1.79 bits per heavy atom. The summed E-state index contributed by atoms with van der Waals surface area (Å²) in [5, 5.41) is 47.6. The zero-order valence-corrected chi connectivity index (χ0v) is 37.8. The number of phenols is 1. The molecule has 1 fully saturated rings. The number of urea groups is 1. The number of benzene rings is 1. The number of carbonyl (C=O) groups is 9. The molecule has 1 aromatic carbocycles. The summed E-state index contributed by atoms with van der Waals surface area (Å²) in [5.41, 5.74) is 22.0. The van der Waals surface area contributed by atoms with Crippen LogP contribution in [0.2, 0.25) is 0 Å². The molecule has 1 saturated heterocycles. The molecule has 8 atom stereocenters. The second-order valence-electron chi connectivity index (χ2n) is 16.5. The van der Waals surface area contributed by atoms with Gasteiger partial charge in [0, 0.05) is 26.1 Å². The molecule has 1 aromatic rings. The predicted octanol–water partition coefficient (Wildman–Crippen LogP) is -4.56. The third kappa shape index (κ3) is 19.1. The molecule has 1 heterocycles. The number of aliphatic hydroxyl groups is 1. The van der Waals surface area contributed by atoms with E-state index in [0.29, 0.717) is 12.0 Å². The monoisotopic (exact) mass is 933 g/mol. The highest BCUT2D eigenvalue weighted by atomic mass is 16.3. The normalized spacial score (nSPS) is 16.5. The van der Waals surface area contributed by atoms with Crippen LogP contribution in [-0.4, -0.2) is 149 Å². The summed E-state index contributed by atoms with van der Waals surface area (Å²) in [7, 11) is 0. The molecule has 1 aliphatic heterocycles. The van der Waals surface area contributed by atoms with Gasteiger partial charge in [0.1, 0.15) is 48.0 Å². The molecule has 368 valence electrons. The van der Waals surface area contributed by atoms with Crippen molar-refractivity contribution in [1.29, 1.82) is 5.41 Å². The van der Waals surface area contributed by atoms with E-state index in [9.17, 15) is 53.4 Å². The van der Waals surface area contributed by atoms with Crippen molar-refractivity contribution < 1.29 is 53.4 Å². The van der Waals surface area contributed by atoms with Crippen molar-refractivity contribution in [3.8, 4) is 5.75 Å². The Morgan fingerprint density at radius 1 is 0.712 bits per heavy atom. The first-order chi connectivity index (χ1) is 31.0. The molecule has 10 amide bonds. The van der Waals surface area contributed by atoms with E-state index in [2.05, 4.69) is 42.5 Å². The van der Waals surface area contributed by atoms with Crippen LogP contribution in [-0.2, 0) is 44.8 Å². The Balaban J connectivity index is 2.46. The molecular formula is C41H68N14O11. The van der Waals surface area contributed by atoms with Crippen molar-refractivity contribution in [2.24, 2.45) is 28.9 Å². The summed E-state index contributed by atoms with van der Waals surface area (Å²) in [6, 6.07) is -5.12. The molecule has 0 unspecified atom stereocenters. The van der Waals surface area contributed by atoms with Crippen LogP contribution in [0.25, 0.3) is 0 Å². The highest BCUT2D eigenvalue weighted by molar-refractivity contribution is 5.98. The van der Waals surface area contributed by atoms with Gasteiger partial charge in [-0.15, -0.1) is 0 Å². The van der Waals surface area contributed by atoms with Gasteiger partial charge < -0.3 is 80.6 Å². The average Bonchev–Trinajstić information content (AvgIpc) is 3.74. The number of phenolic OH excluding ortho intramolecular Hbond substituents is 1. The largest absolute Gasteiger partial charge is 0.508 e. The Bertz CT molecular complexity index is 1870. The predicted molar refractivity (Wildman–Crippen MR) is 239 cm³/mol. The van der Waals surface area contributed by atoms with Gasteiger partial charge >= 0.3 is 6.03 Å². The third-order valence-electron chi connectivity index (χ3n) is 10.4. The number of primary amides is 2. The zero-order chi connectivity index (χ0) is 49.7. The Labute approximate surface area is 382 Å². The van der Waals surface area contributed by atoms with Gasteiger partial charge in [-0.05, 0) is 82.4 Å². The molecule has 0 bridgehead atoms. The highest BCUT2D eigenvalue weighted by Crippen LogP contribution is 2.21. The molecule has 1 aliphatic rings. The minimum absolute atomic E-state index is 0.0154. The second kappa shape index (κ2) is 27.5. The fraction of sp³-hybridized carbons (Fsp3) is 0.610. The Kier molecular flexibility index (Phi) is 23.1. The minimum Gasteiger partial charge on any atom is -0.508 e. The molecule has 0 aliphatic carbocycles. The van der Waals surface area contributed by atoms with Crippen molar-refractivity contribution in [2.75, 3.05) is 26.2 Å². The number of likely N-dealkylation sites (tertiary alicyclic amines) is 1. The van der Waals surface area contributed by atoms with Gasteiger partial charge in [-0.25, -0.2) is 4.79 Å². The minimum atomic E-state index is -1.52. The lowest BCUT2D eigenvalue weighted by atomic mass is 10.0. The first kappa shape index (κ1) is 55.4. The van der Waals surface area contributed by atoms with Crippen LogP contribution < -0.4 is 65.5 Å². The van der Waals surface area contributed by atoms with Crippen molar-refractivity contribution in [3.05, 3.63) is 29.8 Å². The number of guanidine groups is 1. The lowest BCUT2D eigenvalue weighted by molar-refractivity contribution is -0.142. The first-order valence-electron chi connectivity index (χ1n) is 21.7. The van der Waals surface area contributed by atoms with E-state index in [1.54, 1.807) is 13.8 Å². The Hall–Kier alpha value is -6.76. The summed E-state index contributed by atoms with van der Waals surface area (Å²) in [6.45, 7) is 5.77. The number of nitrogens with one attached hydrogen (secondary N) is 9. The molecule has 0 radical (unpaired) electrons. The van der Waals surface area contributed by atoms with Gasteiger partial charge in [0.25, 0.3) is 0 Å². The van der Waals surface area contributed by atoms with Crippen LogP contribution in [0.4, 0.5) is 4.79 Å². The summed E-state index contributed by atoms with van der Waals surface area (Å²) < 4.78 is 0. The molecular weight excluding hydrogens is 865 g/mol. The lowest BCUT2D eigenvalue weighted by Gasteiger charge is -2.31. The van der Waals surface area contributed by atoms with E-state index in [0.717, 1.165) is 0 Å². The molecule has 0 spiro atoms. The first-order valence-corrected chi connectivity index (χ1v) is 21.7. The van der Waals surface area contributed by atoms with Crippen LogP contribution in [0.5, 0.6) is 5.75 Å². The number of rotatable bonds is 27. The number of amides is 10. The second-order valence-corrected chi connectivity index (χ2v) is 16.5. The van der Waals surface area contributed by atoms with Gasteiger partial charge in [0.2, 0.25) is 47.3 Å². The van der Waals surface area contributed by atoms with Crippen LogP contribution in [0, 0.1) is 11.3 Å². The van der Waals surface area contributed by atoms with E-state index in [-0.39, 0.29) is 82.2 Å². The van der Waals surface area contributed by atoms with Crippen LogP contribution in [0.3, 0.4) is 0 Å². The van der Waals surface area contributed by atoms with Crippen molar-refractivity contribution in [2.45, 2.75) is 127 Å². The van der Waals surface area contributed by atoms with Gasteiger partial charge in [-0.2, -0.15) is 0 Å². The molecule has 0 saturated carbocycles. The maximum absolute atomic E-state index is 14.2. The standard InChI is InChI=1S/C41H68N14O11/c1-21(2)18-28(35(61)51-27(9-6-15-47-40(44)45)39(65)55-17-7-10-31(55)38(64)49-23(4)32(43)58)52-34(60)26(8-5-16-48-41(46)66)50-36(62)29(19-24-11-13-25(57)14-12-24)53-37(63)30(20-56)54-33(59)22(3)42/h11-14,21-23,26-31,56-57H,5-10,15-20,42H2,1-4H3,(H2,43,58)(H,49,64)(H,50,62)(H,51,61)(H,52,60)(H,53,63)(H,54,59)(H4,44,45,47)(H3,46,48,66)/t22-,23+,26+,27-,28-,29-,30-,31-/m0/s1. The number of hydrogen-bond donors (Lipinski definition) is 15.